The highest BCUT2D eigenvalue weighted by molar-refractivity contribution is 6.05. The summed E-state index contributed by atoms with van der Waals surface area (Å²) < 4.78 is 26.5. The Morgan fingerprint density at radius 3 is 2.79 bits per heavy atom. The summed E-state index contributed by atoms with van der Waals surface area (Å²) in [6, 6.07) is 0. The second kappa shape index (κ2) is 4.79. The molecule has 5 nitrogen and oxygen atoms in total. The zero-order valence-corrected chi connectivity index (χ0v) is 10.5. The number of hydrogen-bond donors (Lipinski definition) is 3. The summed E-state index contributed by atoms with van der Waals surface area (Å²) in [4.78, 5) is 12.4. The zero-order valence-electron chi connectivity index (χ0n) is 10.5. The molecule has 0 aromatic rings. The van der Waals surface area contributed by atoms with E-state index < -0.39 is 17.6 Å². The van der Waals surface area contributed by atoms with Crippen molar-refractivity contribution in [3.8, 4) is 0 Å². The van der Waals surface area contributed by atoms with Crippen LogP contribution in [0.15, 0.2) is 11.4 Å². The quantitative estimate of drug-likeness (QED) is 0.725. The number of alkyl halides is 2. The molecule has 1 aliphatic carbocycles. The molecular formula is C12H17F2N3O2. The van der Waals surface area contributed by atoms with E-state index in [1.165, 1.54) is 0 Å². The molecule has 1 aliphatic heterocycles. The second-order valence-electron chi connectivity index (χ2n) is 5.14. The molecule has 0 bridgehead atoms. The number of carboxylic acid groups (broad SMARTS) is 1. The summed E-state index contributed by atoms with van der Waals surface area (Å²) in [6.45, 7) is 1.02. The Hall–Kier alpha value is -1.66. The molecule has 0 aromatic heterocycles. The highest BCUT2D eigenvalue weighted by atomic mass is 19.3. The third kappa shape index (κ3) is 2.69. The van der Waals surface area contributed by atoms with Crippen molar-refractivity contribution in [2.75, 3.05) is 13.1 Å². The first-order valence-corrected chi connectivity index (χ1v) is 6.24. The average molecular weight is 273 g/mol. The van der Waals surface area contributed by atoms with Crippen molar-refractivity contribution in [3.05, 3.63) is 11.4 Å². The molecule has 0 amide bonds. The van der Waals surface area contributed by atoms with Gasteiger partial charge in [-0.15, -0.1) is 0 Å². The Morgan fingerprint density at radius 1 is 1.58 bits per heavy atom. The van der Waals surface area contributed by atoms with Crippen LogP contribution in [-0.2, 0) is 4.79 Å². The highest BCUT2D eigenvalue weighted by Gasteiger charge is 2.44. The van der Waals surface area contributed by atoms with E-state index >= 15 is 0 Å². The summed E-state index contributed by atoms with van der Waals surface area (Å²) in [5.74, 6) is -3.74. The van der Waals surface area contributed by atoms with E-state index in [9.17, 15) is 13.6 Å². The Kier molecular flexibility index (Phi) is 3.47. The van der Waals surface area contributed by atoms with Gasteiger partial charge in [-0.3, -0.25) is 10.2 Å². The van der Waals surface area contributed by atoms with Gasteiger partial charge in [0.15, 0.2) is 0 Å². The van der Waals surface area contributed by atoms with Crippen LogP contribution in [0.3, 0.4) is 0 Å². The van der Waals surface area contributed by atoms with Crippen molar-refractivity contribution in [1.29, 1.82) is 5.41 Å². The van der Waals surface area contributed by atoms with E-state index in [4.69, 9.17) is 16.2 Å². The van der Waals surface area contributed by atoms with Gasteiger partial charge in [0.25, 0.3) is 5.92 Å². The number of nitrogens with zero attached hydrogens (tertiary/aromatic N) is 1. The number of carbonyl (C=O) groups is 1. The van der Waals surface area contributed by atoms with Gasteiger partial charge < -0.3 is 15.7 Å². The molecule has 19 heavy (non-hydrogen) atoms. The smallest absolute Gasteiger partial charge is 0.303 e. The van der Waals surface area contributed by atoms with Crippen LogP contribution in [0, 0.1) is 11.3 Å². The average Bonchev–Trinajstić information content (AvgIpc) is 2.85. The standard InChI is InChI=1S/C12H17F2N3O2/c13-12(14)3-1-8(10(12)15)11(16)17-4-2-7(6-17)5-9(18)19/h7,15H,1-6,16H2,(H,18,19)/b11-8+,15-10?. The van der Waals surface area contributed by atoms with E-state index in [1.807, 2.05) is 0 Å². The fourth-order valence-electron chi connectivity index (χ4n) is 2.66. The number of nitrogens with one attached hydrogen (secondary N) is 1. The molecule has 2 fully saturated rings. The maximum Gasteiger partial charge on any atom is 0.303 e. The van der Waals surface area contributed by atoms with E-state index in [-0.39, 0.29) is 36.6 Å². The van der Waals surface area contributed by atoms with Crippen molar-refractivity contribution in [1.82, 2.24) is 4.90 Å². The maximum absolute atomic E-state index is 13.3. The summed E-state index contributed by atoms with van der Waals surface area (Å²) >= 11 is 0. The lowest BCUT2D eigenvalue weighted by atomic mass is 10.1. The predicted octanol–water partition coefficient (Wildman–Crippen LogP) is 1.40. The largest absolute Gasteiger partial charge is 0.481 e. The lowest BCUT2D eigenvalue weighted by Crippen LogP contribution is -2.30. The molecule has 0 radical (unpaired) electrons. The van der Waals surface area contributed by atoms with Crippen LogP contribution in [-0.4, -0.2) is 40.7 Å². The van der Waals surface area contributed by atoms with Gasteiger partial charge in [-0.1, -0.05) is 0 Å². The van der Waals surface area contributed by atoms with Crippen molar-refractivity contribution in [2.24, 2.45) is 11.7 Å². The Bertz CT molecular complexity index is 448. The molecule has 1 unspecified atom stereocenters. The van der Waals surface area contributed by atoms with Gasteiger partial charge in [0.05, 0.1) is 0 Å². The Morgan fingerprint density at radius 2 is 2.26 bits per heavy atom. The van der Waals surface area contributed by atoms with Crippen LogP contribution < -0.4 is 5.73 Å². The van der Waals surface area contributed by atoms with Crippen molar-refractivity contribution in [2.45, 2.75) is 31.6 Å². The molecule has 1 saturated carbocycles. The number of aliphatic carboxylic acids is 1. The summed E-state index contributed by atoms with van der Waals surface area (Å²) in [5.41, 5.74) is 5.39. The molecule has 0 spiro atoms. The number of rotatable bonds is 3. The van der Waals surface area contributed by atoms with Gasteiger partial charge >= 0.3 is 5.97 Å². The topological polar surface area (TPSA) is 90.4 Å². The van der Waals surface area contributed by atoms with E-state index in [0.29, 0.717) is 19.5 Å². The Balaban J connectivity index is 2.07. The van der Waals surface area contributed by atoms with Crippen LogP contribution in [0.5, 0.6) is 0 Å². The molecule has 0 aromatic carbocycles. The molecule has 2 aliphatic rings. The van der Waals surface area contributed by atoms with Crippen LogP contribution in [0.1, 0.15) is 25.7 Å². The van der Waals surface area contributed by atoms with Crippen molar-refractivity contribution in [3.63, 3.8) is 0 Å². The molecule has 4 N–H and O–H groups in total. The fourth-order valence-corrected chi connectivity index (χ4v) is 2.66. The first kappa shape index (κ1) is 13.8. The summed E-state index contributed by atoms with van der Waals surface area (Å²) in [5, 5.41) is 16.2. The minimum atomic E-state index is -3.08. The van der Waals surface area contributed by atoms with Gasteiger partial charge in [0, 0.05) is 31.5 Å². The molecular weight excluding hydrogens is 256 g/mol. The van der Waals surface area contributed by atoms with Gasteiger partial charge in [0.2, 0.25) is 0 Å². The van der Waals surface area contributed by atoms with Gasteiger partial charge in [0.1, 0.15) is 11.5 Å². The highest BCUT2D eigenvalue weighted by Crippen LogP contribution is 2.37. The maximum atomic E-state index is 13.3. The number of carboxylic acids is 1. The molecule has 7 heteroatoms. The van der Waals surface area contributed by atoms with Gasteiger partial charge in [-0.25, -0.2) is 0 Å². The second-order valence-corrected chi connectivity index (χ2v) is 5.14. The van der Waals surface area contributed by atoms with Gasteiger partial charge in [-0.05, 0) is 18.8 Å². The van der Waals surface area contributed by atoms with Crippen LogP contribution in [0.25, 0.3) is 0 Å². The van der Waals surface area contributed by atoms with Crippen molar-refractivity contribution < 1.29 is 18.7 Å². The summed E-state index contributed by atoms with van der Waals surface area (Å²) in [6.07, 6.45) is 0.489. The van der Waals surface area contributed by atoms with E-state index in [0.717, 1.165) is 0 Å². The minimum absolute atomic E-state index is 0.00672. The first-order chi connectivity index (χ1) is 8.81. The normalized spacial score (nSPS) is 28.8. The lowest BCUT2D eigenvalue weighted by Gasteiger charge is -2.21. The number of allylic oxidation sites excluding steroid dienone is 1. The molecule has 1 saturated heterocycles. The number of halogens is 2. The molecule has 1 heterocycles. The van der Waals surface area contributed by atoms with E-state index in [1.54, 1.807) is 4.90 Å². The predicted molar refractivity (Wildman–Crippen MR) is 65.1 cm³/mol. The lowest BCUT2D eigenvalue weighted by molar-refractivity contribution is -0.138. The minimum Gasteiger partial charge on any atom is -0.481 e. The fraction of sp³-hybridized carbons (Fsp3) is 0.667. The third-order valence-electron chi connectivity index (χ3n) is 3.76. The zero-order chi connectivity index (χ0) is 14.2. The van der Waals surface area contributed by atoms with Crippen LogP contribution >= 0.6 is 0 Å². The number of hydrogen-bond acceptors (Lipinski definition) is 4. The van der Waals surface area contributed by atoms with Crippen molar-refractivity contribution >= 4 is 11.7 Å². The van der Waals surface area contributed by atoms with Crippen LogP contribution in [0.4, 0.5) is 8.78 Å². The first-order valence-electron chi connectivity index (χ1n) is 6.24. The number of nitrogens with two attached hydrogens (primary N) is 1. The molecule has 2 rings (SSSR count). The van der Waals surface area contributed by atoms with Gasteiger partial charge in [-0.2, -0.15) is 8.78 Å². The monoisotopic (exact) mass is 273 g/mol. The Labute approximate surface area is 109 Å². The van der Waals surface area contributed by atoms with E-state index in [2.05, 4.69) is 0 Å². The molecule has 1 atom stereocenters. The number of likely N-dealkylation sites (tertiary alicyclic amines) is 1. The van der Waals surface area contributed by atoms with Crippen LogP contribution in [0.2, 0.25) is 0 Å². The third-order valence-corrected chi connectivity index (χ3v) is 3.76. The molecule has 106 valence electrons. The SMILES string of the molecule is N=C1/C(=C(\N)N2CCC(CC(=O)O)C2)CCC1(F)F. The summed E-state index contributed by atoms with van der Waals surface area (Å²) in [7, 11) is 0.